The van der Waals surface area contributed by atoms with E-state index in [1.54, 1.807) is 0 Å². The molecule has 0 bridgehead atoms. The Morgan fingerprint density at radius 2 is 1.52 bits per heavy atom. The standard InChI is InChI=1S/C18H22N2O/c21-18(20-12-6-2-1-3-7-13-20)19-17-11-10-15-8-4-5-9-16(15)14-17/h4-5,8-11,14H,1-3,6-7,12-13H2,(H,19,21). The minimum Gasteiger partial charge on any atom is -0.325 e. The molecule has 0 saturated carbocycles. The summed E-state index contributed by atoms with van der Waals surface area (Å²) in [5, 5.41) is 5.39. The number of carbonyl (C=O) groups excluding carboxylic acids is 1. The van der Waals surface area contributed by atoms with Gasteiger partial charge in [-0.3, -0.25) is 0 Å². The van der Waals surface area contributed by atoms with E-state index in [4.69, 9.17) is 0 Å². The van der Waals surface area contributed by atoms with E-state index in [1.807, 2.05) is 29.2 Å². The van der Waals surface area contributed by atoms with Crippen molar-refractivity contribution in [3.8, 4) is 0 Å². The Morgan fingerprint density at radius 1 is 0.857 bits per heavy atom. The number of amides is 2. The summed E-state index contributed by atoms with van der Waals surface area (Å²) in [4.78, 5) is 14.3. The molecule has 0 atom stereocenters. The molecule has 2 aromatic carbocycles. The fourth-order valence-corrected chi connectivity index (χ4v) is 2.92. The number of carbonyl (C=O) groups is 1. The molecule has 0 aliphatic carbocycles. The van der Waals surface area contributed by atoms with E-state index in [9.17, 15) is 4.79 Å². The molecule has 0 unspecified atom stereocenters. The second-order valence-corrected chi connectivity index (χ2v) is 5.75. The van der Waals surface area contributed by atoms with Gasteiger partial charge in [0.1, 0.15) is 0 Å². The summed E-state index contributed by atoms with van der Waals surface area (Å²) < 4.78 is 0. The first-order chi connectivity index (χ1) is 10.3. The molecule has 1 fully saturated rings. The molecule has 2 amide bonds. The Hall–Kier alpha value is -2.03. The third-order valence-electron chi connectivity index (χ3n) is 4.14. The van der Waals surface area contributed by atoms with E-state index in [0.717, 1.165) is 37.0 Å². The quantitative estimate of drug-likeness (QED) is 0.812. The highest BCUT2D eigenvalue weighted by Gasteiger charge is 2.14. The second-order valence-electron chi connectivity index (χ2n) is 5.75. The van der Waals surface area contributed by atoms with E-state index in [1.165, 1.54) is 24.6 Å². The monoisotopic (exact) mass is 282 g/mol. The highest BCUT2D eigenvalue weighted by molar-refractivity contribution is 5.93. The molecule has 1 aliphatic rings. The summed E-state index contributed by atoms with van der Waals surface area (Å²) >= 11 is 0. The van der Waals surface area contributed by atoms with Crippen molar-refractivity contribution in [3.63, 3.8) is 0 Å². The second kappa shape index (κ2) is 6.61. The van der Waals surface area contributed by atoms with Crippen molar-refractivity contribution in [2.75, 3.05) is 18.4 Å². The number of anilines is 1. The number of benzene rings is 2. The molecule has 3 heteroatoms. The molecule has 0 radical (unpaired) electrons. The summed E-state index contributed by atoms with van der Waals surface area (Å²) in [7, 11) is 0. The predicted molar refractivity (Wildman–Crippen MR) is 87.6 cm³/mol. The zero-order valence-electron chi connectivity index (χ0n) is 12.3. The molecule has 1 heterocycles. The van der Waals surface area contributed by atoms with Crippen molar-refractivity contribution >= 4 is 22.5 Å². The van der Waals surface area contributed by atoms with Gasteiger partial charge in [-0.2, -0.15) is 0 Å². The third kappa shape index (κ3) is 3.54. The molecule has 21 heavy (non-hydrogen) atoms. The summed E-state index contributed by atoms with van der Waals surface area (Å²) in [6.07, 6.45) is 6.01. The fraction of sp³-hybridized carbons (Fsp3) is 0.389. The summed E-state index contributed by atoms with van der Waals surface area (Å²) in [5.41, 5.74) is 0.876. The van der Waals surface area contributed by atoms with Crippen LogP contribution in [0.3, 0.4) is 0 Å². The van der Waals surface area contributed by atoms with Gasteiger partial charge in [-0.05, 0) is 35.7 Å². The number of nitrogens with one attached hydrogen (secondary N) is 1. The van der Waals surface area contributed by atoms with Crippen LogP contribution >= 0.6 is 0 Å². The molecule has 1 aliphatic heterocycles. The average molecular weight is 282 g/mol. The smallest absolute Gasteiger partial charge is 0.321 e. The summed E-state index contributed by atoms with van der Waals surface area (Å²) in [6.45, 7) is 1.75. The van der Waals surface area contributed by atoms with Crippen LogP contribution in [0.2, 0.25) is 0 Å². The van der Waals surface area contributed by atoms with Crippen molar-refractivity contribution in [1.29, 1.82) is 0 Å². The maximum absolute atomic E-state index is 12.4. The van der Waals surface area contributed by atoms with Gasteiger partial charge in [0.25, 0.3) is 0 Å². The van der Waals surface area contributed by atoms with Gasteiger partial charge in [0.2, 0.25) is 0 Å². The molecule has 2 aromatic rings. The zero-order valence-corrected chi connectivity index (χ0v) is 12.3. The van der Waals surface area contributed by atoms with E-state index >= 15 is 0 Å². The number of urea groups is 1. The van der Waals surface area contributed by atoms with Gasteiger partial charge >= 0.3 is 6.03 Å². The Morgan fingerprint density at radius 3 is 2.29 bits per heavy atom. The van der Waals surface area contributed by atoms with Crippen LogP contribution in [0, 0.1) is 0 Å². The van der Waals surface area contributed by atoms with E-state index < -0.39 is 0 Å². The van der Waals surface area contributed by atoms with Gasteiger partial charge < -0.3 is 10.2 Å². The number of fused-ring (bicyclic) bond motifs is 1. The van der Waals surface area contributed by atoms with Crippen molar-refractivity contribution in [3.05, 3.63) is 42.5 Å². The van der Waals surface area contributed by atoms with Gasteiger partial charge in [0.05, 0.1) is 0 Å². The highest BCUT2D eigenvalue weighted by Crippen LogP contribution is 2.19. The van der Waals surface area contributed by atoms with Crippen LogP contribution in [0.15, 0.2) is 42.5 Å². The van der Waals surface area contributed by atoms with Crippen LogP contribution in [0.1, 0.15) is 32.1 Å². The summed E-state index contributed by atoms with van der Waals surface area (Å²) in [5.74, 6) is 0. The predicted octanol–water partition coefficient (Wildman–Crippen LogP) is 4.64. The Balaban J connectivity index is 1.69. The Labute approximate surface area is 125 Å². The SMILES string of the molecule is O=C(Nc1ccc2ccccc2c1)N1CCCCCCC1. The molecule has 0 spiro atoms. The van der Waals surface area contributed by atoms with Crippen molar-refractivity contribution in [1.82, 2.24) is 4.90 Å². The number of nitrogens with zero attached hydrogens (tertiary/aromatic N) is 1. The van der Waals surface area contributed by atoms with Gasteiger partial charge in [-0.25, -0.2) is 4.79 Å². The molecular weight excluding hydrogens is 260 g/mol. The van der Waals surface area contributed by atoms with Crippen molar-refractivity contribution < 1.29 is 4.79 Å². The van der Waals surface area contributed by atoms with Crippen LogP contribution in [0.25, 0.3) is 10.8 Å². The van der Waals surface area contributed by atoms with E-state index in [2.05, 4.69) is 23.5 Å². The average Bonchev–Trinajstić information content (AvgIpc) is 2.46. The lowest BCUT2D eigenvalue weighted by Gasteiger charge is -2.25. The number of rotatable bonds is 1. The lowest BCUT2D eigenvalue weighted by molar-refractivity contribution is 0.206. The first-order valence-corrected chi connectivity index (χ1v) is 7.88. The van der Waals surface area contributed by atoms with E-state index in [-0.39, 0.29) is 6.03 Å². The summed E-state index contributed by atoms with van der Waals surface area (Å²) in [6, 6.07) is 14.3. The van der Waals surface area contributed by atoms with E-state index in [0.29, 0.717) is 0 Å². The molecule has 3 nitrogen and oxygen atoms in total. The minimum atomic E-state index is 0.0344. The van der Waals surface area contributed by atoms with Crippen LogP contribution in [-0.2, 0) is 0 Å². The largest absolute Gasteiger partial charge is 0.325 e. The van der Waals surface area contributed by atoms with Crippen LogP contribution in [-0.4, -0.2) is 24.0 Å². The first kappa shape index (κ1) is 13.9. The topological polar surface area (TPSA) is 32.3 Å². The maximum Gasteiger partial charge on any atom is 0.321 e. The zero-order chi connectivity index (χ0) is 14.5. The van der Waals surface area contributed by atoms with Gasteiger partial charge in [0.15, 0.2) is 0 Å². The Bertz CT molecular complexity index is 615. The highest BCUT2D eigenvalue weighted by atomic mass is 16.2. The maximum atomic E-state index is 12.4. The minimum absolute atomic E-state index is 0.0344. The molecule has 3 rings (SSSR count). The first-order valence-electron chi connectivity index (χ1n) is 7.88. The number of likely N-dealkylation sites (tertiary alicyclic amines) is 1. The molecule has 1 saturated heterocycles. The lowest BCUT2D eigenvalue weighted by atomic mass is 10.1. The van der Waals surface area contributed by atoms with Crippen molar-refractivity contribution in [2.45, 2.75) is 32.1 Å². The fourth-order valence-electron chi connectivity index (χ4n) is 2.92. The van der Waals surface area contributed by atoms with Gasteiger partial charge in [0, 0.05) is 18.8 Å². The molecular formula is C18H22N2O. The van der Waals surface area contributed by atoms with Crippen LogP contribution < -0.4 is 5.32 Å². The normalized spacial score (nSPS) is 16.3. The van der Waals surface area contributed by atoms with Gasteiger partial charge in [-0.1, -0.05) is 49.6 Å². The third-order valence-corrected chi connectivity index (χ3v) is 4.14. The molecule has 0 aromatic heterocycles. The molecule has 1 N–H and O–H groups in total. The van der Waals surface area contributed by atoms with Gasteiger partial charge in [-0.15, -0.1) is 0 Å². The van der Waals surface area contributed by atoms with Crippen molar-refractivity contribution in [2.24, 2.45) is 0 Å². The Kier molecular flexibility index (Phi) is 4.39. The number of hydrogen-bond acceptors (Lipinski definition) is 1. The van der Waals surface area contributed by atoms with Crippen LogP contribution in [0.4, 0.5) is 10.5 Å². The number of hydrogen-bond donors (Lipinski definition) is 1. The van der Waals surface area contributed by atoms with Crippen LogP contribution in [0.5, 0.6) is 0 Å². The molecule has 110 valence electrons. The lowest BCUT2D eigenvalue weighted by Crippen LogP contribution is -2.37.